The number of thiazole rings is 1. The van der Waals surface area contributed by atoms with Gasteiger partial charge in [0.25, 0.3) is 0 Å². The lowest BCUT2D eigenvalue weighted by atomic mass is 10.1. The summed E-state index contributed by atoms with van der Waals surface area (Å²) < 4.78 is 0. The van der Waals surface area contributed by atoms with Crippen molar-refractivity contribution in [1.82, 2.24) is 4.98 Å². The van der Waals surface area contributed by atoms with Gasteiger partial charge in [0.1, 0.15) is 0 Å². The molecule has 0 bridgehead atoms. The predicted molar refractivity (Wildman–Crippen MR) is 45.3 cm³/mol. The van der Waals surface area contributed by atoms with Crippen LogP contribution in [0.2, 0.25) is 0 Å². The minimum atomic E-state index is -0.183. The van der Waals surface area contributed by atoms with Crippen molar-refractivity contribution in [1.29, 1.82) is 0 Å². The normalized spacial score (nSPS) is 13.3. The Morgan fingerprint density at radius 1 is 1.73 bits per heavy atom. The summed E-state index contributed by atoms with van der Waals surface area (Å²) in [5, 5.41) is 9.19. The molecular formula is C7H11NO2S. The van der Waals surface area contributed by atoms with Crippen molar-refractivity contribution >= 4 is 11.3 Å². The molecule has 1 heterocycles. The van der Waals surface area contributed by atoms with Crippen LogP contribution in [0.25, 0.3) is 0 Å². The SMILES string of the molecule is CCC(C)c1sc(=O)[nH]c1O. The van der Waals surface area contributed by atoms with Crippen LogP contribution in [0.15, 0.2) is 4.79 Å². The molecule has 2 N–H and O–H groups in total. The number of aromatic nitrogens is 1. The number of hydrogen-bond donors (Lipinski definition) is 2. The molecule has 1 rings (SSSR count). The van der Waals surface area contributed by atoms with E-state index in [9.17, 15) is 9.90 Å². The van der Waals surface area contributed by atoms with Crippen molar-refractivity contribution in [2.45, 2.75) is 26.2 Å². The maximum atomic E-state index is 10.7. The summed E-state index contributed by atoms with van der Waals surface area (Å²) in [6.45, 7) is 4.01. The smallest absolute Gasteiger partial charge is 0.307 e. The fourth-order valence-electron chi connectivity index (χ4n) is 0.851. The first-order chi connectivity index (χ1) is 5.15. The van der Waals surface area contributed by atoms with Crippen LogP contribution in [-0.4, -0.2) is 10.1 Å². The van der Waals surface area contributed by atoms with Crippen LogP contribution >= 0.6 is 11.3 Å². The van der Waals surface area contributed by atoms with Gasteiger partial charge in [-0.25, -0.2) is 0 Å². The van der Waals surface area contributed by atoms with Crippen LogP contribution in [0.3, 0.4) is 0 Å². The molecule has 1 aromatic heterocycles. The Labute approximate surface area is 68.7 Å². The molecule has 0 spiro atoms. The number of aromatic amines is 1. The van der Waals surface area contributed by atoms with Crippen LogP contribution < -0.4 is 4.87 Å². The van der Waals surface area contributed by atoms with Gasteiger partial charge in [0.05, 0.1) is 4.88 Å². The van der Waals surface area contributed by atoms with Gasteiger partial charge in [0.15, 0.2) is 0 Å². The van der Waals surface area contributed by atoms with Gasteiger partial charge in [-0.05, 0) is 12.3 Å². The van der Waals surface area contributed by atoms with Crippen molar-refractivity contribution in [2.24, 2.45) is 0 Å². The summed E-state index contributed by atoms with van der Waals surface area (Å²) in [5.41, 5.74) is 0. The predicted octanol–water partition coefficient (Wildman–Crippen LogP) is 1.66. The van der Waals surface area contributed by atoms with E-state index in [1.54, 1.807) is 0 Å². The summed E-state index contributed by atoms with van der Waals surface area (Å²) in [7, 11) is 0. The largest absolute Gasteiger partial charge is 0.494 e. The third-order valence-corrected chi connectivity index (χ3v) is 2.82. The molecule has 0 saturated heterocycles. The first-order valence-corrected chi connectivity index (χ1v) is 4.38. The lowest BCUT2D eigenvalue weighted by Gasteiger charge is -2.03. The first kappa shape index (κ1) is 8.33. The molecule has 0 aliphatic heterocycles. The standard InChI is InChI=1S/C7H11NO2S/c1-3-4(2)5-6(9)8-7(10)11-5/h4,9H,3H2,1-2H3,(H,8,10). The van der Waals surface area contributed by atoms with Crippen molar-refractivity contribution in [3.63, 3.8) is 0 Å². The average Bonchev–Trinajstić information content (AvgIpc) is 2.28. The van der Waals surface area contributed by atoms with E-state index in [2.05, 4.69) is 4.98 Å². The van der Waals surface area contributed by atoms with Gasteiger partial charge >= 0.3 is 4.87 Å². The summed E-state index contributed by atoms with van der Waals surface area (Å²) in [6.07, 6.45) is 0.932. The maximum Gasteiger partial charge on any atom is 0.307 e. The van der Waals surface area contributed by atoms with E-state index in [4.69, 9.17) is 0 Å². The van der Waals surface area contributed by atoms with E-state index in [0.29, 0.717) is 0 Å². The third-order valence-electron chi connectivity index (χ3n) is 1.72. The number of aromatic hydroxyl groups is 1. The fraction of sp³-hybridized carbons (Fsp3) is 0.571. The van der Waals surface area contributed by atoms with E-state index in [0.717, 1.165) is 22.6 Å². The zero-order valence-electron chi connectivity index (χ0n) is 6.55. The van der Waals surface area contributed by atoms with Gasteiger partial charge in [-0.3, -0.25) is 9.78 Å². The molecule has 3 nitrogen and oxygen atoms in total. The van der Waals surface area contributed by atoms with Crippen LogP contribution in [0.5, 0.6) is 5.88 Å². The molecule has 0 aliphatic rings. The summed E-state index contributed by atoms with van der Waals surface area (Å²) in [5.74, 6) is 0.299. The van der Waals surface area contributed by atoms with Gasteiger partial charge < -0.3 is 5.11 Å². The van der Waals surface area contributed by atoms with Crippen molar-refractivity contribution in [2.75, 3.05) is 0 Å². The molecule has 0 fully saturated rings. The fourth-order valence-corrected chi connectivity index (χ4v) is 1.71. The zero-order valence-corrected chi connectivity index (χ0v) is 7.36. The molecule has 0 aromatic carbocycles. The van der Waals surface area contributed by atoms with Gasteiger partial charge in [0, 0.05) is 0 Å². The first-order valence-electron chi connectivity index (χ1n) is 3.57. The average molecular weight is 173 g/mol. The number of H-pyrrole nitrogens is 1. The molecule has 11 heavy (non-hydrogen) atoms. The van der Waals surface area contributed by atoms with E-state index in [-0.39, 0.29) is 16.7 Å². The minimum Gasteiger partial charge on any atom is -0.494 e. The molecule has 0 amide bonds. The third kappa shape index (κ3) is 1.63. The molecule has 1 atom stereocenters. The van der Waals surface area contributed by atoms with Crippen LogP contribution in [0.1, 0.15) is 31.1 Å². The molecule has 0 saturated carbocycles. The highest BCUT2D eigenvalue weighted by Gasteiger charge is 2.11. The number of nitrogens with one attached hydrogen (secondary N) is 1. The van der Waals surface area contributed by atoms with Gasteiger partial charge in [-0.15, -0.1) is 0 Å². The highest BCUT2D eigenvalue weighted by molar-refractivity contribution is 7.09. The van der Waals surface area contributed by atoms with Crippen LogP contribution in [0.4, 0.5) is 0 Å². The molecule has 0 aliphatic carbocycles. The molecule has 1 unspecified atom stereocenters. The Kier molecular flexibility index (Phi) is 2.34. The lowest BCUT2D eigenvalue weighted by molar-refractivity contribution is 0.445. The summed E-state index contributed by atoms with van der Waals surface area (Å²) in [4.78, 5) is 13.7. The molecule has 1 aromatic rings. The molecule has 4 heteroatoms. The van der Waals surface area contributed by atoms with E-state index in [1.165, 1.54) is 0 Å². The van der Waals surface area contributed by atoms with E-state index >= 15 is 0 Å². The monoisotopic (exact) mass is 173 g/mol. The second-order valence-electron chi connectivity index (χ2n) is 2.54. The molecule has 62 valence electrons. The second-order valence-corrected chi connectivity index (χ2v) is 3.55. The Morgan fingerprint density at radius 2 is 2.36 bits per heavy atom. The van der Waals surface area contributed by atoms with Gasteiger partial charge in [-0.1, -0.05) is 25.2 Å². The summed E-state index contributed by atoms with van der Waals surface area (Å²) >= 11 is 1.09. The second kappa shape index (κ2) is 3.09. The van der Waals surface area contributed by atoms with Crippen molar-refractivity contribution in [3.8, 4) is 5.88 Å². The quantitative estimate of drug-likeness (QED) is 0.714. The zero-order chi connectivity index (χ0) is 8.43. The van der Waals surface area contributed by atoms with Gasteiger partial charge in [0.2, 0.25) is 5.88 Å². The van der Waals surface area contributed by atoms with Crippen molar-refractivity contribution in [3.05, 3.63) is 14.5 Å². The van der Waals surface area contributed by atoms with Crippen LogP contribution in [0, 0.1) is 0 Å². The molecule has 0 radical (unpaired) electrons. The molecular weight excluding hydrogens is 162 g/mol. The highest BCUT2D eigenvalue weighted by Crippen LogP contribution is 2.27. The Bertz CT molecular complexity index is 289. The van der Waals surface area contributed by atoms with Crippen molar-refractivity contribution < 1.29 is 5.11 Å². The number of rotatable bonds is 2. The lowest BCUT2D eigenvalue weighted by Crippen LogP contribution is -1.89. The maximum absolute atomic E-state index is 10.7. The topological polar surface area (TPSA) is 53.1 Å². The van der Waals surface area contributed by atoms with Gasteiger partial charge in [-0.2, -0.15) is 0 Å². The van der Waals surface area contributed by atoms with E-state index < -0.39 is 0 Å². The Balaban J connectivity index is 3.02. The Morgan fingerprint density at radius 3 is 2.73 bits per heavy atom. The highest BCUT2D eigenvalue weighted by atomic mass is 32.1. The number of hydrogen-bond acceptors (Lipinski definition) is 3. The van der Waals surface area contributed by atoms with E-state index in [1.807, 2.05) is 13.8 Å². The summed E-state index contributed by atoms with van der Waals surface area (Å²) in [6, 6.07) is 0. The minimum absolute atomic E-state index is 0.0364. The van der Waals surface area contributed by atoms with Crippen LogP contribution in [-0.2, 0) is 0 Å². The Hall–Kier alpha value is -0.770.